The first-order valence-corrected chi connectivity index (χ1v) is 14.7. The standard InChI is InChI=1S/C31H33F3N8O2/c1-3-14-41-27(43)23-19-35-28(36-21-5-7-22(8-6-21)40-17-15-39(2)16-18-40)38-26(23)42(41)24-9-4-20-10-11-29(12-13-29)30(44,25(20)37-24)31(32,33)34/h3-9,19,44H,1,10-18H2,2H3,(H,35,36,38). The summed E-state index contributed by atoms with van der Waals surface area (Å²) < 4.78 is 46.3. The monoisotopic (exact) mass is 606 g/mol. The van der Waals surface area contributed by atoms with Gasteiger partial charge in [-0.3, -0.25) is 4.79 Å². The van der Waals surface area contributed by atoms with Crippen LogP contribution in [0.2, 0.25) is 0 Å². The number of nitrogens with zero attached hydrogens (tertiary/aromatic N) is 7. The zero-order chi connectivity index (χ0) is 30.9. The molecule has 1 atom stereocenters. The van der Waals surface area contributed by atoms with E-state index in [1.807, 2.05) is 24.3 Å². The number of likely N-dealkylation sites (N-methyl/N-ethyl adjacent to an activating group) is 1. The van der Waals surface area contributed by atoms with Crippen molar-refractivity contribution in [3.63, 3.8) is 0 Å². The van der Waals surface area contributed by atoms with Crippen LogP contribution in [0.4, 0.5) is 30.5 Å². The lowest BCUT2D eigenvalue weighted by Crippen LogP contribution is -2.53. The van der Waals surface area contributed by atoms with E-state index in [1.54, 1.807) is 12.1 Å². The van der Waals surface area contributed by atoms with Crippen LogP contribution < -0.4 is 15.8 Å². The first kappa shape index (κ1) is 28.5. The highest BCUT2D eigenvalue weighted by atomic mass is 19.4. The number of hydrogen-bond acceptors (Lipinski definition) is 8. The van der Waals surface area contributed by atoms with Gasteiger partial charge < -0.3 is 20.2 Å². The van der Waals surface area contributed by atoms with Crippen molar-refractivity contribution in [2.45, 2.75) is 44.0 Å². The highest BCUT2D eigenvalue weighted by molar-refractivity contribution is 5.77. The average molecular weight is 607 g/mol. The molecule has 2 N–H and O–H groups in total. The Kier molecular flexibility index (Phi) is 6.59. The van der Waals surface area contributed by atoms with E-state index in [0.29, 0.717) is 12.0 Å². The van der Waals surface area contributed by atoms with Crippen molar-refractivity contribution >= 4 is 28.4 Å². The van der Waals surface area contributed by atoms with Gasteiger partial charge in [0.05, 0.1) is 12.2 Å². The number of rotatable bonds is 6. The number of fused-ring (bicyclic) bond motifs is 2. The largest absolute Gasteiger partial charge is 0.423 e. The van der Waals surface area contributed by atoms with Crippen molar-refractivity contribution in [2.75, 3.05) is 43.4 Å². The minimum Gasteiger partial charge on any atom is -0.375 e. The molecule has 1 saturated heterocycles. The van der Waals surface area contributed by atoms with E-state index in [2.05, 4.69) is 43.7 Å². The van der Waals surface area contributed by atoms with E-state index in [0.717, 1.165) is 37.6 Å². The molecule has 4 aromatic rings. The molecule has 3 aliphatic rings. The van der Waals surface area contributed by atoms with Gasteiger partial charge in [0.15, 0.2) is 11.5 Å². The number of aliphatic hydroxyl groups is 1. The molecule has 10 nitrogen and oxygen atoms in total. The Morgan fingerprint density at radius 1 is 1.05 bits per heavy atom. The van der Waals surface area contributed by atoms with Crippen LogP contribution in [-0.4, -0.2) is 73.7 Å². The SMILES string of the molecule is C=CCn1c(=O)c2cnc(Nc3ccc(N4CCN(C)CC4)cc3)nc2n1-c1ccc2c(n1)C(O)(C(F)(F)F)C1(CC2)CC1. The summed E-state index contributed by atoms with van der Waals surface area (Å²) in [5.74, 6) is 0.246. The van der Waals surface area contributed by atoms with E-state index < -0.39 is 28.4 Å². The molecule has 7 rings (SSSR count). The van der Waals surface area contributed by atoms with Crippen LogP contribution in [0.15, 0.2) is 60.0 Å². The smallest absolute Gasteiger partial charge is 0.375 e. The van der Waals surface area contributed by atoms with Crippen LogP contribution in [0.25, 0.3) is 16.9 Å². The Labute approximate surface area is 251 Å². The minimum atomic E-state index is -4.91. The van der Waals surface area contributed by atoms with Gasteiger partial charge >= 0.3 is 6.18 Å². The predicted octanol–water partition coefficient (Wildman–Crippen LogP) is 4.13. The topological polar surface area (TPSA) is 104 Å². The molecular formula is C31H33F3N8O2. The van der Waals surface area contributed by atoms with Crippen molar-refractivity contribution in [1.82, 2.24) is 29.2 Å². The zero-order valence-electron chi connectivity index (χ0n) is 24.3. The number of aryl methyl sites for hydroxylation is 1. The summed E-state index contributed by atoms with van der Waals surface area (Å²) in [7, 11) is 2.11. The fourth-order valence-electron chi connectivity index (χ4n) is 6.67. The molecule has 0 amide bonds. The molecule has 2 aliphatic carbocycles. The van der Waals surface area contributed by atoms with Crippen LogP contribution in [0.3, 0.4) is 0 Å². The number of piperazine rings is 1. The molecule has 13 heteroatoms. The fraction of sp³-hybridized carbons (Fsp3) is 0.419. The van der Waals surface area contributed by atoms with E-state index in [1.165, 1.54) is 21.6 Å². The van der Waals surface area contributed by atoms with Crippen molar-refractivity contribution in [3.8, 4) is 5.82 Å². The predicted molar refractivity (Wildman–Crippen MR) is 160 cm³/mol. The third-order valence-electron chi connectivity index (χ3n) is 9.40. The van der Waals surface area contributed by atoms with E-state index in [4.69, 9.17) is 0 Å². The normalized spacial score (nSPS) is 21.4. The Bertz CT molecular complexity index is 1800. The van der Waals surface area contributed by atoms with Crippen molar-refractivity contribution in [3.05, 3.63) is 76.9 Å². The number of alkyl halides is 3. The summed E-state index contributed by atoms with van der Waals surface area (Å²) in [4.78, 5) is 31.4. The molecule has 1 aromatic carbocycles. The Morgan fingerprint density at radius 2 is 1.77 bits per heavy atom. The number of pyridine rings is 1. The second-order valence-corrected chi connectivity index (χ2v) is 12.0. The lowest BCUT2D eigenvalue weighted by molar-refractivity contribution is -0.298. The summed E-state index contributed by atoms with van der Waals surface area (Å²) in [6, 6.07) is 11.0. The van der Waals surface area contributed by atoms with Gasteiger partial charge in [0.2, 0.25) is 11.5 Å². The summed E-state index contributed by atoms with van der Waals surface area (Å²) >= 11 is 0. The van der Waals surface area contributed by atoms with Gasteiger partial charge in [-0.2, -0.15) is 18.2 Å². The van der Waals surface area contributed by atoms with Crippen LogP contribution in [0, 0.1) is 5.41 Å². The maximum absolute atomic E-state index is 14.5. The minimum absolute atomic E-state index is 0.0410. The Hall–Kier alpha value is -4.23. The summed E-state index contributed by atoms with van der Waals surface area (Å²) in [5.41, 5.74) is -2.83. The first-order valence-electron chi connectivity index (χ1n) is 14.7. The molecule has 44 heavy (non-hydrogen) atoms. The second-order valence-electron chi connectivity index (χ2n) is 12.0. The number of benzene rings is 1. The van der Waals surface area contributed by atoms with Gasteiger partial charge in [0.25, 0.3) is 5.56 Å². The van der Waals surface area contributed by atoms with Crippen molar-refractivity contribution in [2.24, 2.45) is 5.41 Å². The molecule has 0 radical (unpaired) electrons. The highest BCUT2D eigenvalue weighted by Gasteiger charge is 2.74. The molecule has 0 bridgehead atoms. The van der Waals surface area contributed by atoms with Gasteiger partial charge in [0, 0.05) is 49.2 Å². The zero-order valence-corrected chi connectivity index (χ0v) is 24.3. The molecular weight excluding hydrogens is 573 g/mol. The number of aromatic nitrogens is 5. The second kappa shape index (κ2) is 10.2. The van der Waals surface area contributed by atoms with Crippen molar-refractivity contribution in [1.29, 1.82) is 0 Å². The van der Waals surface area contributed by atoms with E-state index >= 15 is 0 Å². The summed E-state index contributed by atoms with van der Waals surface area (Å²) in [5, 5.41) is 14.7. The van der Waals surface area contributed by atoms with Crippen LogP contribution in [0.5, 0.6) is 0 Å². The molecule has 230 valence electrons. The summed E-state index contributed by atoms with van der Waals surface area (Å²) in [6.07, 6.45) is -0.829. The van der Waals surface area contributed by atoms with E-state index in [9.17, 15) is 23.1 Å². The molecule has 1 aliphatic heterocycles. The maximum atomic E-state index is 14.5. The number of halogens is 3. The number of allylic oxidation sites excluding steroid dienone is 1. The van der Waals surface area contributed by atoms with Gasteiger partial charge in [-0.05, 0) is 68.6 Å². The Balaban J connectivity index is 1.28. The van der Waals surface area contributed by atoms with Crippen LogP contribution >= 0.6 is 0 Å². The molecule has 1 spiro atoms. The lowest BCUT2D eigenvalue weighted by atomic mass is 9.71. The van der Waals surface area contributed by atoms with Gasteiger partial charge in [-0.15, -0.1) is 6.58 Å². The van der Waals surface area contributed by atoms with Crippen molar-refractivity contribution < 1.29 is 18.3 Å². The number of nitrogens with one attached hydrogen (secondary N) is 1. The first-order chi connectivity index (χ1) is 21.0. The molecule has 1 unspecified atom stereocenters. The number of anilines is 3. The molecule has 3 aromatic heterocycles. The maximum Gasteiger partial charge on any atom is 0.423 e. The Morgan fingerprint density at radius 3 is 2.43 bits per heavy atom. The van der Waals surface area contributed by atoms with Crippen LogP contribution in [-0.2, 0) is 18.6 Å². The van der Waals surface area contributed by atoms with Gasteiger partial charge in [0.1, 0.15) is 5.39 Å². The molecule has 4 heterocycles. The highest BCUT2D eigenvalue weighted by Crippen LogP contribution is 2.68. The fourth-order valence-corrected chi connectivity index (χ4v) is 6.67. The van der Waals surface area contributed by atoms with Gasteiger partial charge in [-0.1, -0.05) is 12.1 Å². The van der Waals surface area contributed by atoms with E-state index in [-0.39, 0.29) is 48.6 Å². The van der Waals surface area contributed by atoms with Gasteiger partial charge in [-0.25, -0.2) is 19.3 Å². The summed E-state index contributed by atoms with van der Waals surface area (Å²) in [6.45, 7) is 7.67. The third-order valence-corrected chi connectivity index (χ3v) is 9.40. The van der Waals surface area contributed by atoms with Crippen LogP contribution in [0.1, 0.15) is 30.5 Å². The third kappa shape index (κ3) is 4.40. The lowest BCUT2D eigenvalue weighted by Gasteiger charge is -2.42. The quantitative estimate of drug-likeness (QED) is 0.316. The number of hydrogen-bond donors (Lipinski definition) is 2. The molecule has 1 saturated carbocycles. The molecule has 2 fully saturated rings. The average Bonchev–Trinajstić information content (AvgIpc) is 3.75.